The van der Waals surface area contributed by atoms with Crippen LogP contribution in [0, 0.1) is 24.5 Å². The van der Waals surface area contributed by atoms with E-state index in [0.29, 0.717) is 44.3 Å². The first-order chi connectivity index (χ1) is 34.8. The molecule has 398 valence electrons. The molecule has 3 aliphatic rings. The lowest BCUT2D eigenvalue weighted by Crippen LogP contribution is -2.28. The van der Waals surface area contributed by atoms with Crippen molar-refractivity contribution in [3.05, 3.63) is 187 Å². The summed E-state index contributed by atoms with van der Waals surface area (Å²) in [5.41, 5.74) is 4.71. The molecule has 2 fully saturated rings. The van der Waals surface area contributed by atoms with Gasteiger partial charge in [0, 0.05) is 114 Å². The van der Waals surface area contributed by atoms with E-state index in [4.69, 9.17) is 0 Å². The maximum Gasteiger partial charge on any atom is 0.164 e. The second kappa shape index (κ2) is 38.5. The Morgan fingerprint density at radius 2 is 1.15 bits per heavy atom. The van der Waals surface area contributed by atoms with Crippen molar-refractivity contribution in [3.8, 4) is 0 Å². The molecule has 0 aromatic carbocycles. The Morgan fingerprint density at radius 1 is 0.635 bits per heavy atom. The molecule has 25 heteroatoms. The average molecular weight is 1070 g/mol. The van der Waals surface area contributed by atoms with Crippen LogP contribution >= 0.6 is 40.5 Å². The molecule has 2 saturated heterocycles. The van der Waals surface area contributed by atoms with Crippen molar-refractivity contribution < 1.29 is 9.59 Å². The van der Waals surface area contributed by atoms with Crippen molar-refractivity contribution in [1.82, 2.24) is 50.0 Å². The number of aromatic nitrogens is 5. The summed E-state index contributed by atoms with van der Waals surface area (Å²) in [6.45, 7) is 2.62. The number of hydrogen-bond donors (Lipinski definition) is 0. The largest absolute Gasteiger partial charge is 0.303 e. The topological polar surface area (TPSA) is 262 Å². The Kier molecular flexibility index (Phi) is 33.8. The Morgan fingerprint density at radius 3 is 1.62 bits per heavy atom. The van der Waals surface area contributed by atoms with E-state index >= 15 is 0 Å². The number of nitrogens with zero attached hydrogens (tertiary/aromatic N) is 15. The Labute approximate surface area is 452 Å². The minimum Gasteiger partial charge on any atom is -0.303 e. The third-order valence-corrected chi connectivity index (χ3v) is 11.6. The molecule has 8 heterocycles. The van der Waals surface area contributed by atoms with Crippen molar-refractivity contribution in [3.63, 3.8) is 0 Å². The van der Waals surface area contributed by atoms with Gasteiger partial charge >= 0.3 is 0 Å². The lowest BCUT2D eigenvalue weighted by molar-refractivity contribution is -0.108. The van der Waals surface area contributed by atoms with Gasteiger partial charge in [0.1, 0.15) is 6.29 Å². The third kappa shape index (κ3) is 22.3. The number of carbonyl (C=O) groups excluding carboxylic acids is 2. The first kappa shape index (κ1) is 64.9. The van der Waals surface area contributed by atoms with E-state index in [-0.39, 0.29) is 70.4 Å². The summed E-state index contributed by atoms with van der Waals surface area (Å²) in [6.07, 6.45) is 30.0. The zero-order valence-corrected chi connectivity index (χ0v) is 44.6. The highest BCUT2D eigenvalue weighted by Crippen LogP contribution is 2.32. The zero-order valence-electron chi connectivity index (χ0n) is 41.6. The van der Waals surface area contributed by atoms with Crippen molar-refractivity contribution in [2.45, 2.75) is 88.4 Å². The third-order valence-electron chi connectivity index (χ3n) is 11.6. The van der Waals surface area contributed by atoms with Gasteiger partial charge in [-0.25, -0.2) is 5.01 Å². The van der Waals surface area contributed by atoms with Gasteiger partial charge in [0.05, 0.1) is 57.1 Å². The fourth-order valence-electron chi connectivity index (χ4n) is 7.92. The van der Waals surface area contributed by atoms with Gasteiger partial charge < -0.3 is 4.79 Å². The summed E-state index contributed by atoms with van der Waals surface area (Å²) in [4.78, 5) is 93.9. The van der Waals surface area contributed by atoms with Crippen molar-refractivity contribution in [2.75, 3.05) is 40.3 Å². The van der Waals surface area contributed by atoms with E-state index in [0.717, 1.165) is 80.2 Å². The van der Waals surface area contributed by atoms with Gasteiger partial charge in [0.25, 0.3) is 0 Å². The van der Waals surface area contributed by atoms with Crippen LogP contribution < -0.4 is 0 Å². The van der Waals surface area contributed by atoms with Crippen LogP contribution in [-0.2, 0) is 4.79 Å². The minimum absolute atomic E-state index is 0. The number of piperidine rings is 1. The van der Waals surface area contributed by atoms with Crippen LogP contribution in [0.15, 0.2) is 161 Å². The van der Waals surface area contributed by atoms with Gasteiger partial charge in [-0.05, 0) is 110 Å². The molecule has 8 rings (SSSR count). The molecule has 0 radical (unpaired) electrons. The average Bonchev–Trinajstić information content (AvgIpc) is 3.94. The zero-order chi connectivity index (χ0) is 50.9. The molecule has 0 spiro atoms. The monoisotopic (exact) mass is 1070 g/mol. The number of ketones is 1. The Hall–Kier alpha value is -7.12. The number of aldehydes is 1. The number of hydrogen-bond acceptors (Lipinski definition) is 17. The van der Waals surface area contributed by atoms with Crippen LogP contribution in [0.5, 0.6) is 0 Å². The van der Waals surface area contributed by atoms with E-state index in [1.807, 2.05) is 54.7 Å². The minimum atomic E-state index is -0.179. The van der Waals surface area contributed by atoms with E-state index in [1.54, 1.807) is 98.1 Å². The number of rotatable bonds is 18. The van der Waals surface area contributed by atoms with Crippen LogP contribution in [0.25, 0.3) is 0 Å². The summed E-state index contributed by atoms with van der Waals surface area (Å²) in [5, 5.41) is 22.0. The highest BCUT2D eigenvalue weighted by Gasteiger charge is 2.26. The number of Topliss-reactive ketones (excluding diaryl/α,β-unsaturated/α-hetero) is 1. The van der Waals surface area contributed by atoms with Crippen LogP contribution in [0.1, 0.15) is 121 Å². The van der Waals surface area contributed by atoms with Crippen molar-refractivity contribution in [2.24, 2.45) is 26.4 Å². The summed E-state index contributed by atoms with van der Waals surface area (Å²) in [7, 11) is 3.18. The van der Waals surface area contributed by atoms with Crippen molar-refractivity contribution >= 4 is 52.6 Å². The predicted molar refractivity (Wildman–Crippen MR) is 298 cm³/mol. The molecule has 0 N–H and O–H groups in total. The molecule has 3 unspecified atom stereocenters. The van der Waals surface area contributed by atoms with Gasteiger partial charge in [-0.1, -0.05) is 36.4 Å². The van der Waals surface area contributed by atoms with Gasteiger partial charge in [-0.3, -0.25) is 49.8 Å². The molecule has 0 saturated carbocycles. The molecular weight excluding hydrogens is 1010 g/mol. The number of carbonyl (C=O) groups is 2. The lowest BCUT2D eigenvalue weighted by Gasteiger charge is -2.30. The molecule has 22 nitrogen and oxygen atoms in total. The van der Waals surface area contributed by atoms with Crippen LogP contribution in [0.4, 0.5) is 0 Å². The molecule has 5 aromatic heterocycles. The Bertz CT molecular complexity index is 2350. The fourth-order valence-corrected chi connectivity index (χ4v) is 7.92. The fraction of sp³-hybridized carbons (Fsp3) is 0.408. The van der Waals surface area contributed by atoms with Gasteiger partial charge in [0.15, 0.2) is 5.78 Å². The summed E-state index contributed by atoms with van der Waals surface area (Å²) < 4.78 is 0. The number of nitroso groups, excluding NO2 is 5. The second-order valence-corrected chi connectivity index (χ2v) is 16.4. The molecule has 74 heavy (non-hydrogen) atoms. The van der Waals surface area contributed by atoms with Crippen LogP contribution in [0.2, 0.25) is 0 Å². The highest BCUT2D eigenvalue weighted by atomic mass is 32.1. The normalized spacial score (nSPS) is 16.3. The lowest BCUT2D eigenvalue weighted by atomic mass is 9.98. The SMILES string of the molecule is CN(CCCC(=O)c1cccnc1)N=O.CN(N=O)C(CCC=O)c1cccnc1.O=NN1CC=CCC1c1cccnc1.O=NN1CCCCC1c1cccnc1.O=NN1CCC[C@H]1c1cccnc1.S.S.S. The van der Waals surface area contributed by atoms with E-state index in [1.165, 1.54) is 15.0 Å². The molecule has 3 aliphatic heterocycles. The van der Waals surface area contributed by atoms with Crippen LogP contribution in [-0.4, -0.2) is 102 Å². The first-order valence-electron chi connectivity index (χ1n) is 23.3. The van der Waals surface area contributed by atoms with Gasteiger partial charge in [-0.15, -0.1) is 24.5 Å². The summed E-state index contributed by atoms with van der Waals surface area (Å²) in [5.74, 6) is 0.0439. The molecule has 5 aromatic rings. The van der Waals surface area contributed by atoms with Crippen molar-refractivity contribution in [1.29, 1.82) is 0 Å². The smallest absolute Gasteiger partial charge is 0.164 e. The number of pyridine rings is 5. The van der Waals surface area contributed by atoms with Gasteiger partial charge in [0.2, 0.25) is 0 Å². The molecule has 0 aliphatic carbocycles. The predicted octanol–water partition coefficient (Wildman–Crippen LogP) is 9.97. The second-order valence-electron chi connectivity index (χ2n) is 16.4. The van der Waals surface area contributed by atoms with E-state index in [9.17, 15) is 34.1 Å². The first-order valence-corrected chi connectivity index (χ1v) is 23.3. The van der Waals surface area contributed by atoms with Gasteiger partial charge in [-0.2, -0.15) is 40.5 Å². The van der Waals surface area contributed by atoms with E-state index in [2.05, 4.69) is 57.4 Å². The molecule has 0 bridgehead atoms. The quantitative estimate of drug-likeness (QED) is 0.0260. The molecular formula is C49H67N15O7S3. The summed E-state index contributed by atoms with van der Waals surface area (Å²) >= 11 is 0. The Balaban J connectivity index is 0.000000458. The maximum atomic E-state index is 11.5. The highest BCUT2D eigenvalue weighted by molar-refractivity contribution is 7.59. The standard InChI is InChI=1S/2C10H13N3O2.C10H13N3O.C10H11N3O.C9H11N3O.3H2S/c1-13(12-15)10(5-3-7-14)9-4-2-6-11-8-9;1-13(12-15)7-3-5-10(14)9-4-2-6-11-8-9;2*14-12-13-7-2-1-5-10(13)9-4-3-6-11-8-9;13-11-12-6-2-4-9(12)8-3-1-5-10-7-8;;;/h2,4,6-8,10H,3,5H2,1H3;2,4,6,8H,3,5,7H2,1H3;3-4,6,8,10H,1-2,5,7H2;1-4,6,8,10H,5,7H2;1,3,5,7,9H,2,4,6H2;3*1H2/t;;;;9-;;;/m....0.../s1. The van der Waals surface area contributed by atoms with E-state index < -0.39 is 0 Å². The van der Waals surface area contributed by atoms with Crippen LogP contribution in [0.3, 0.4) is 0 Å². The molecule has 4 atom stereocenters. The summed E-state index contributed by atoms with van der Waals surface area (Å²) in [6, 6.07) is 18.9. The maximum absolute atomic E-state index is 11.5. The molecule has 0 amide bonds.